The number of hydrogen-bond donors (Lipinski definition) is 0. The molecule has 0 radical (unpaired) electrons. The molecule has 40 heavy (non-hydrogen) atoms. The SMILES string of the molecule is c1ccc2c(c1)c1ccccc1n2C(n1c2ccccc2c2ccccc21)n1c2ccccc2c2ccccc21. The molecule has 0 unspecified atom stereocenters. The Balaban J connectivity index is 1.56. The molecule has 0 atom stereocenters. The number of aromatic nitrogens is 3. The summed E-state index contributed by atoms with van der Waals surface area (Å²) in [6, 6.07) is 53.0. The summed E-state index contributed by atoms with van der Waals surface area (Å²) in [4.78, 5) is 0. The van der Waals surface area contributed by atoms with Crippen LogP contribution in [0.15, 0.2) is 146 Å². The molecular weight excluding hydrogens is 486 g/mol. The van der Waals surface area contributed by atoms with Crippen molar-refractivity contribution in [1.82, 2.24) is 13.7 Å². The molecule has 0 aliphatic carbocycles. The van der Waals surface area contributed by atoms with Gasteiger partial charge in [0.25, 0.3) is 0 Å². The monoisotopic (exact) mass is 511 g/mol. The van der Waals surface area contributed by atoms with Crippen molar-refractivity contribution in [3.63, 3.8) is 0 Å². The van der Waals surface area contributed by atoms with E-state index in [1.54, 1.807) is 0 Å². The summed E-state index contributed by atoms with van der Waals surface area (Å²) in [5, 5.41) is 7.61. The smallest absolute Gasteiger partial charge is 0.194 e. The van der Waals surface area contributed by atoms with Gasteiger partial charge in [-0.05, 0) is 36.4 Å². The quantitative estimate of drug-likeness (QED) is 0.224. The van der Waals surface area contributed by atoms with Gasteiger partial charge < -0.3 is 13.7 Å². The average Bonchev–Trinajstić information content (AvgIpc) is 3.65. The second-order valence-corrected chi connectivity index (χ2v) is 10.6. The number of rotatable bonds is 3. The lowest BCUT2D eigenvalue weighted by molar-refractivity contribution is 0.431. The van der Waals surface area contributed by atoms with Gasteiger partial charge in [0.15, 0.2) is 6.29 Å². The molecule has 0 aliphatic heterocycles. The summed E-state index contributed by atoms with van der Waals surface area (Å²) in [6.07, 6.45) is -0.195. The highest BCUT2D eigenvalue weighted by Crippen LogP contribution is 2.41. The van der Waals surface area contributed by atoms with E-state index in [9.17, 15) is 0 Å². The van der Waals surface area contributed by atoms with Crippen LogP contribution in [0.25, 0.3) is 65.4 Å². The molecule has 3 nitrogen and oxygen atoms in total. The first-order valence-electron chi connectivity index (χ1n) is 13.8. The number of para-hydroxylation sites is 6. The largest absolute Gasteiger partial charge is 0.301 e. The van der Waals surface area contributed by atoms with Gasteiger partial charge in [0.2, 0.25) is 0 Å². The van der Waals surface area contributed by atoms with E-state index in [0.29, 0.717) is 0 Å². The van der Waals surface area contributed by atoms with E-state index in [1.165, 1.54) is 65.4 Å². The van der Waals surface area contributed by atoms with Gasteiger partial charge in [-0.25, -0.2) is 0 Å². The van der Waals surface area contributed by atoms with E-state index in [4.69, 9.17) is 0 Å². The lowest BCUT2D eigenvalue weighted by Gasteiger charge is -2.28. The predicted octanol–water partition coefficient (Wildman–Crippen LogP) is 9.56. The fourth-order valence-electron chi connectivity index (χ4n) is 6.95. The van der Waals surface area contributed by atoms with E-state index < -0.39 is 0 Å². The molecule has 0 bridgehead atoms. The molecule has 0 aliphatic rings. The van der Waals surface area contributed by atoms with Crippen molar-refractivity contribution in [2.45, 2.75) is 6.29 Å². The van der Waals surface area contributed by atoms with Crippen LogP contribution in [-0.4, -0.2) is 13.7 Å². The molecule has 0 saturated heterocycles. The first kappa shape index (κ1) is 21.6. The molecular formula is C37H25N3. The first-order valence-corrected chi connectivity index (χ1v) is 13.8. The van der Waals surface area contributed by atoms with Gasteiger partial charge >= 0.3 is 0 Å². The van der Waals surface area contributed by atoms with Crippen LogP contribution in [-0.2, 0) is 0 Å². The standard InChI is InChI=1S/C37H25N3/c1-7-19-31-25(13-1)26-14-2-8-20-32(26)38(31)37(39-33-21-9-3-15-27(33)28-16-4-10-22-34(28)39)40-35-23-11-5-17-29(35)30-18-6-12-24-36(30)40/h1-24,37H. The highest BCUT2D eigenvalue weighted by Gasteiger charge is 2.27. The van der Waals surface area contributed by atoms with Gasteiger partial charge in [-0.1, -0.05) is 109 Å². The van der Waals surface area contributed by atoms with Crippen molar-refractivity contribution in [1.29, 1.82) is 0 Å². The van der Waals surface area contributed by atoms with Crippen LogP contribution < -0.4 is 0 Å². The minimum atomic E-state index is -0.195. The molecule has 3 aromatic heterocycles. The number of fused-ring (bicyclic) bond motifs is 9. The van der Waals surface area contributed by atoms with Crippen molar-refractivity contribution in [3.8, 4) is 0 Å². The van der Waals surface area contributed by atoms with Gasteiger partial charge in [-0.15, -0.1) is 0 Å². The van der Waals surface area contributed by atoms with Gasteiger partial charge in [0.05, 0.1) is 33.1 Å². The highest BCUT2D eigenvalue weighted by atomic mass is 15.4. The van der Waals surface area contributed by atoms with E-state index in [0.717, 1.165) is 0 Å². The van der Waals surface area contributed by atoms with E-state index in [-0.39, 0.29) is 6.29 Å². The van der Waals surface area contributed by atoms with Gasteiger partial charge in [0, 0.05) is 32.3 Å². The maximum Gasteiger partial charge on any atom is 0.194 e. The summed E-state index contributed by atoms with van der Waals surface area (Å²) in [7, 11) is 0. The summed E-state index contributed by atoms with van der Waals surface area (Å²) in [5.41, 5.74) is 7.32. The molecule has 3 heteroatoms. The molecule has 6 aromatic carbocycles. The average molecular weight is 512 g/mol. The lowest BCUT2D eigenvalue weighted by Crippen LogP contribution is -2.25. The highest BCUT2D eigenvalue weighted by molar-refractivity contribution is 6.11. The zero-order chi connectivity index (χ0) is 26.2. The summed E-state index contributed by atoms with van der Waals surface area (Å²) >= 11 is 0. The fraction of sp³-hybridized carbons (Fsp3) is 0.0270. The van der Waals surface area contributed by atoms with Gasteiger partial charge in [-0.2, -0.15) is 0 Å². The third-order valence-electron chi connectivity index (χ3n) is 8.54. The Hall–Kier alpha value is -5.28. The number of benzene rings is 6. The van der Waals surface area contributed by atoms with Gasteiger partial charge in [0.1, 0.15) is 0 Å². The Kier molecular flexibility index (Phi) is 4.39. The molecule has 9 aromatic rings. The number of nitrogens with zero attached hydrogens (tertiary/aromatic N) is 3. The molecule has 9 rings (SSSR count). The molecule has 0 N–H and O–H groups in total. The summed E-state index contributed by atoms with van der Waals surface area (Å²) in [5.74, 6) is 0. The Bertz CT molecular complexity index is 1970. The lowest BCUT2D eigenvalue weighted by atomic mass is 10.2. The normalized spacial score (nSPS) is 12.2. The zero-order valence-electron chi connectivity index (χ0n) is 21.8. The van der Waals surface area contributed by atoms with Crippen LogP contribution in [0.4, 0.5) is 0 Å². The maximum absolute atomic E-state index is 2.54. The molecule has 0 amide bonds. The molecule has 0 fully saturated rings. The van der Waals surface area contributed by atoms with Crippen LogP contribution in [0.3, 0.4) is 0 Å². The van der Waals surface area contributed by atoms with E-state index in [1.807, 2.05) is 0 Å². The molecule has 0 spiro atoms. The van der Waals surface area contributed by atoms with Crippen LogP contribution in [0.2, 0.25) is 0 Å². The Morgan fingerprint density at radius 2 is 0.425 bits per heavy atom. The summed E-state index contributed by atoms with van der Waals surface area (Å²) in [6.45, 7) is 0. The van der Waals surface area contributed by atoms with Crippen molar-refractivity contribution in [2.24, 2.45) is 0 Å². The zero-order valence-corrected chi connectivity index (χ0v) is 21.8. The second-order valence-electron chi connectivity index (χ2n) is 10.6. The van der Waals surface area contributed by atoms with Crippen molar-refractivity contribution in [3.05, 3.63) is 146 Å². The van der Waals surface area contributed by atoms with Crippen molar-refractivity contribution < 1.29 is 0 Å². The van der Waals surface area contributed by atoms with E-state index >= 15 is 0 Å². The Labute approximate surface area is 230 Å². The van der Waals surface area contributed by atoms with Crippen LogP contribution in [0, 0.1) is 0 Å². The van der Waals surface area contributed by atoms with E-state index in [2.05, 4.69) is 159 Å². The third-order valence-corrected chi connectivity index (χ3v) is 8.54. The van der Waals surface area contributed by atoms with Gasteiger partial charge in [-0.3, -0.25) is 0 Å². The fourth-order valence-corrected chi connectivity index (χ4v) is 6.95. The minimum Gasteiger partial charge on any atom is -0.301 e. The molecule has 188 valence electrons. The first-order chi connectivity index (χ1) is 19.9. The summed E-state index contributed by atoms with van der Waals surface area (Å²) < 4.78 is 7.63. The maximum atomic E-state index is 2.54. The van der Waals surface area contributed by atoms with Crippen LogP contribution >= 0.6 is 0 Å². The second kappa shape index (κ2) is 8.11. The van der Waals surface area contributed by atoms with Crippen LogP contribution in [0.1, 0.15) is 6.29 Å². The predicted molar refractivity (Wildman–Crippen MR) is 168 cm³/mol. The molecule has 3 heterocycles. The topological polar surface area (TPSA) is 14.8 Å². The molecule has 0 saturated carbocycles. The van der Waals surface area contributed by atoms with Crippen molar-refractivity contribution in [2.75, 3.05) is 0 Å². The minimum absolute atomic E-state index is 0.195. The van der Waals surface area contributed by atoms with Crippen LogP contribution in [0.5, 0.6) is 0 Å². The van der Waals surface area contributed by atoms with Crippen molar-refractivity contribution >= 4 is 65.4 Å². The number of hydrogen-bond acceptors (Lipinski definition) is 0. The Morgan fingerprint density at radius 3 is 0.625 bits per heavy atom. The third kappa shape index (κ3) is 2.79. The Morgan fingerprint density at radius 1 is 0.250 bits per heavy atom.